The van der Waals surface area contributed by atoms with Gasteiger partial charge in [0.2, 0.25) is 10.0 Å². The van der Waals surface area contributed by atoms with Crippen LogP contribution < -0.4 is 10.6 Å². The van der Waals surface area contributed by atoms with Gasteiger partial charge in [0.25, 0.3) is 0 Å². The maximum atomic E-state index is 11.7. The standard InChI is InChI=1S/C17H36N4O2S.HI/c1-6-24(22,23)21(5)12-8-11-19-16(18-4)20-14-17(9-7-10-17)13-15(2)3;/h15H,6-14H2,1-5H3,(H2,18,19,20);1H. The topological polar surface area (TPSA) is 73.8 Å². The molecule has 1 aliphatic carbocycles. The van der Waals surface area contributed by atoms with Crippen LogP contribution in [0, 0.1) is 11.3 Å². The van der Waals surface area contributed by atoms with Crippen molar-refractivity contribution < 1.29 is 8.42 Å². The summed E-state index contributed by atoms with van der Waals surface area (Å²) < 4.78 is 24.8. The van der Waals surface area contributed by atoms with Crippen molar-refractivity contribution in [2.45, 2.75) is 52.9 Å². The second-order valence-electron chi connectivity index (χ2n) is 7.38. The monoisotopic (exact) mass is 488 g/mol. The average Bonchev–Trinajstić information content (AvgIpc) is 2.50. The largest absolute Gasteiger partial charge is 0.356 e. The van der Waals surface area contributed by atoms with Gasteiger partial charge in [-0.3, -0.25) is 4.99 Å². The van der Waals surface area contributed by atoms with Crippen LogP contribution in [-0.2, 0) is 10.0 Å². The number of hydrogen-bond acceptors (Lipinski definition) is 3. The van der Waals surface area contributed by atoms with Crippen LogP contribution in [0.2, 0.25) is 0 Å². The molecule has 0 spiro atoms. The van der Waals surface area contributed by atoms with E-state index in [1.54, 1.807) is 21.0 Å². The van der Waals surface area contributed by atoms with E-state index in [1.165, 1.54) is 30.0 Å². The van der Waals surface area contributed by atoms with Crippen LogP contribution in [0.15, 0.2) is 4.99 Å². The van der Waals surface area contributed by atoms with Crippen molar-refractivity contribution in [3.8, 4) is 0 Å². The molecule has 0 bridgehead atoms. The van der Waals surface area contributed by atoms with Gasteiger partial charge in [-0.2, -0.15) is 0 Å². The fourth-order valence-electron chi connectivity index (χ4n) is 3.36. The fraction of sp³-hybridized carbons (Fsp3) is 0.941. The SMILES string of the molecule is CCS(=O)(=O)N(C)CCCNC(=NC)NCC1(CC(C)C)CCC1.I. The van der Waals surface area contributed by atoms with Crippen LogP contribution in [0.5, 0.6) is 0 Å². The van der Waals surface area contributed by atoms with Gasteiger partial charge in [0, 0.05) is 33.7 Å². The highest BCUT2D eigenvalue weighted by atomic mass is 127. The van der Waals surface area contributed by atoms with E-state index in [1.807, 2.05) is 0 Å². The summed E-state index contributed by atoms with van der Waals surface area (Å²) in [4.78, 5) is 4.27. The maximum absolute atomic E-state index is 11.7. The summed E-state index contributed by atoms with van der Waals surface area (Å²) in [7, 11) is 0.332. The zero-order valence-corrected chi connectivity index (χ0v) is 19.6. The van der Waals surface area contributed by atoms with Gasteiger partial charge in [-0.25, -0.2) is 12.7 Å². The Kier molecular flexibility index (Phi) is 11.5. The first kappa shape index (κ1) is 24.9. The van der Waals surface area contributed by atoms with Crippen molar-refractivity contribution in [1.82, 2.24) is 14.9 Å². The molecule has 0 unspecified atom stereocenters. The smallest absolute Gasteiger partial charge is 0.213 e. The zero-order valence-electron chi connectivity index (χ0n) is 16.5. The summed E-state index contributed by atoms with van der Waals surface area (Å²) in [6.07, 6.45) is 5.95. The molecule has 2 N–H and O–H groups in total. The molecule has 0 aromatic heterocycles. The van der Waals surface area contributed by atoms with E-state index in [0.717, 1.165) is 24.8 Å². The van der Waals surface area contributed by atoms with Gasteiger partial charge in [0.05, 0.1) is 5.75 Å². The van der Waals surface area contributed by atoms with Gasteiger partial charge in [0.15, 0.2) is 5.96 Å². The third-order valence-corrected chi connectivity index (χ3v) is 6.75. The molecule has 0 atom stereocenters. The van der Waals surface area contributed by atoms with Crippen LogP contribution in [0.3, 0.4) is 0 Å². The second-order valence-corrected chi connectivity index (χ2v) is 9.74. The van der Waals surface area contributed by atoms with E-state index >= 15 is 0 Å². The molecule has 1 saturated carbocycles. The van der Waals surface area contributed by atoms with Crippen molar-refractivity contribution >= 4 is 40.0 Å². The lowest BCUT2D eigenvalue weighted by Gasteiger charge is -2.43. The molecule has 6 nitrogen and oxygen atoms in total. The van der Waals surface area contributed by atoms with Gasteiger partial charge in [-0.15, -0.1) is 24.0 Å². The lowest BCUT2D eigenvalue weighted by molar-refractivity contribution is 0.104. The van der Waals surface area contributed by atoms with Gasteiger partial charge < -0.3 is 10.6 Å². The maximum Gasteiger partial charge on any atom is 0.213 e. The molecule has 1 fully saturated rings. The molecule has 0 heterocycles. The Morgan fingerprint density at radius 1 is 1.28 bits per heavy atom. The molecule has 0 amide bonds. The fourth-order valence-corrected chi connectivity index (χ4v) is 4.20. The second kappa shape index (κ2) is 11.6. The molecule has 25 heavy (non-hydrogen) atoms. The minimum Gasteiger partial charge on any atom is -0.356 e. The Bertz CT molecular complexity index is 505. The predicted octanol–water partition coefficient (Wildman–Crippen LogP) is 2.66. The molecule has 1 aliphatic rings. The minimum absolute atomic E-state index is 0. The first-order chi connectivity index (χ1) is 11.2. The number of rotatable bonds is 10. The van der Waals surface area contributed by atoms with E-state index in [0.29, 0.717) is 18.5 Å². The van der Waals surface area contributed by atoms with Gasteiger partial charge in [0.1, 0.15) is 0 Å². The summed E-state index contributed by atoms with van der Waals surface area (Å²) in [5.74, 6) is 1.68. The molecule has 0 aliphatic heterocycles. The number of nitrogens with one attached hydrogen (secondary N) is 2. The van der Waals surface area contributed by atoms with Crippen LogP contribution in [0.4, 0.5) is 0 Å². The molecule has 0 aromatic rings. The van der Waals surface area contributed by atoms with Crippen LogP contribution in [0.1, 0.15) is 52.9 Å². The zero-order chi connectivity index (χ0) is 18.2. The predicted molar refractivity (Wildman–Crippen MR) is 117 cm³/mol. The molecular weight excluding hydrogens is 451 g/mol. The number of halogens is 1. The normalized spacial score (nSPS) is 17.2. The summed E-state index contributed by atoms with van der Waals surface area (Å²) in [5.41, 5.74) is 0.432. The van der Waals surface area contributed by atoms with E-state index < -0.39 is 10.0 Å². The van der Waals surface area contributed by atoms with E-state index in [9.17, 15) is 8.42 Å². The first-order valence-corrected chi connectivity index (χ1v) is 10.7. The lowest BCUT2D eigenvalue weighted by Crippen LogP contribution is -2.47. The Morgan fingerprint density at radius 3 is 2.36 bits per heavy atom. The van der Waals surface area contributed by atoms with E-state index in [2.05, 4.69) is 29.5 Å². The first-order valence-electron chi connectivity index (χ1n) is 9.13. The number of guanidine groups is 1. The van der Waals surface area contributed by atoms with E-state index in [4.69, 9.17) is 0 Å². The molecule has 1 rings (SSSR count). The van der Waals surface area contributed by atoms with Gasteiger partial charge in [-0.05, 0) is 43.9 Å². The van der Waals surface area contributed by atoms with Crippen LogP contribution >= 0.6 is 24.0 Å². The minimum atomic E-state index is -3.08. The summed E-state index contributed by atoms with van der Waals surface area (Å²) >= 11 is 0. The Morgan fingerprint density at radius 2 is 1.92 bits per heavy atom. The van der Waals surface area contributed by atoms with Crippen molar-refractivity contribution in [1.29, 1.82) is 0 Å². The van der Waals surface area contributed by atoms with Crippen LogP contribution in [0.25, 0.3) is 0 Å². The number of aliphatic imine (C=N–C) groups is 1. The Hall–Kier alpha value is -0.0900. The molecule has 150 valence electrons. The van der Waals surface area contributed by atoms with E-state index in [-0.39, 0.29) is 29.7 Å². The van der Waals surface area contributed by atoms with Crippen LogP contribution in [-0.4, -0.2) is 58.2 Å². The molecule has 0 saturated heterocycles. The molecular formula is C17H37IN4O2S. The Labute approximate surface area is 171 Å². The van der Waals surface area contributed by atoms with Crippen molar-refractivity contribution in [3.05, 3.63) is 0 Å². The molecule has 0 radical (unpaired) electrons. The van der Waals surface area contributed by atoms with Crippen molar-refractivity contribution in [3.63, 3.8) is 0 Å². The number of sulfonamides is 1. The lowest BCUT2D eigenvalue weighted by atomic mass is 9.64. The molecule has 8 heteroatoms. The summed E-state index contributed by atoms with van der Waals surface area (Å²) in [6.45, 7) is 8.44. The highest BCUT2D eigenvalue weighted by Crippen LogP contribution is 2.45. The highest BCUT2D eigenvalue weighted by Gasteiger charge is 2.37. The summed E-state index contributed by atoms with van der Waals surface area (Å²) in [5, 5.41) is 6.74. The van der Waals surface area contributed by atoms with Gasteiger partial charge >= 0.3 is 0 Å². The quantitative estimate of drug-likeness (QED) is 0.215. The summed E-state index contributed by atoms with van der Waals surface area (Å²) in [6, 6.07) is 0. The average molecular weight is 488 g/mol. The third-order valence-electron chi connectivity index (χ3n) is 4.89. The van der Waals surface area contributed by atoms with Crippen molar-refractivity contribution in [2.24, 2.45) is 16.3 Å². The van der Waals surface area contributed by atoms with Gasteiger partial charge in [-0.1, -0.05) is 20.3 Å². The number of nitrogens with zero attached hydrogens (tertiary/aromatic N) is 2. The molecule has 0 aromatic carbocycles. The Balaban J connectivity index is 0.00000576. The highest BCUT2D eigenvalue weighted by molar-refractivity contribution is 14.0. The van der Waals surface area contributed by atoms with Crippen molar-refractivity contribution in [2.75, 3.05) is 39.5 Å². The third kappa shape index (κ3) is 8.43. The number of hydrogen-bond donors (Lipinski definition) is 2.